The molecule has 6 nitrogen and oxygen atoms in total. The number of benzene rings is 2. The monoisotopic (exact) mass is 426 g/mol. The van der Waals surface area contributed by atoms with Crippen molar-refractivity contribution in [3.05, 3.63) is 58.4 Å². The van der Waals surface area contributed by atoms with E-state index in [2.05, 4.69) is 17.0 Å². The van der Waals surface area contributed by atoms with Gasteiger partial charge in [0.05, 0.1) is 23.4 Å². The van der Waals surface area contributed by atoms with Crippen molar-refractivity contribution in [1.82, 2.24) is 9.88 Å². The van der Waals surface area contributed by atoms with Crippen molar-refractivity contribution in [1.29, 1.82) is 0 Å². The summed E-state index contributed by atoms with van der Waals surface area (Å²) < 4.78 is 22.4. The van der Waals surface area contributed by atoms with Gasteiger partial charge in [0.2, 0.25) is 12.7 Å². The lowest BCUT2D eigenvalue weighted by Gasteiger charge is -2.25. The molecule has 1 fully saturated rings. The molecule has 3 heterocycles. The molecular weight excluding hydrogens is 404 g/mol. The number of halogens is 1. The van der Waals surface area contributed by atoms with Crippen molar-refractivity contribution >= 4 is 11.6 Å². The molecule has 0 unspecified atom stereocenters. The fourth-order valence-corrected chi connectivity index (χ4v) is 4.51. The third-order valence-corrected chi connectivity index (χ3v) is 6.11. The molecule has 156 valence electrons. The quantitative estimate of drug-likeness (QED) is 0.546. The second kappa shape index (κ2) is 7.85. The van der Waals surface area contributed by atoms with Crippen LogP contribution in [0.1, 0.15) is 35.9 Å². The van der Waals surface area contributed by atoms with Crippen LogP contribution in [0.25, 0.3) is 11.5 Å². The number of aryl methyl sites for hydroxylation is 1. The first-order valence-corrected chi connectivity index (χ1v) is 10.4. The van der Waals surface area contributed by atoms with Crippen LogP contribution in [0, 0.1) is 6.92 Å². The number of hydrogen-bond acceptors (Lipinski definition) is 6. The van der Waals surface area contributed by atoms with Crippen LogP contribution in [-0.4, -0.2) is 30.3 Å². The summed E-state index contributed by atoms with van der Waals surface area (Å²) in [5.41, 5.74) is 2.84. The summed E-state index contributed by atoms with van der Waals surface area (Å²) >= 11 is 6.45. The molecule has 0 radical (unpaired) electrons. The van der Waals surface area contributed by atoms with Crippen molar-refractivity contribution in [3.8, 4) is 28.7 Å². The summed E-state index contributed by atoms with van der Waals surface area (Å²) in [6, 6.07) is 12.1. The second-order valence-electron chi connectivity index (χ2n) is 7.58. The Bertz CT molecular complexity index is 1080. The summed E-state index contributed by atoms with van der Waals surface area (Å²) in [6.07, 6.45) is 2.23. The number of fused-ring (bicyclic) bond motifs is 1. The first-order chi connectivity index (χ1) is 14.6. The maximum Gasteiger partial charge on any atom is 0.231 e. The molecule has 2 aliphatic rings. The minimum atomic E-state index is 0.199. The number of nitrogens with zero attached hydrogens (tertiary/aromatic N) is 2. The fourth-order valence-electron chi connectivity index (χ4n) is 4.27. The van der Waals surface area contributed by atoms with Crippen molar-refractivity contribution < 1.29 is 18.6 Å². The summed E-state index contributed by atoms with van der Waals surface area (Å²) in [4.78, 5) is 7.22. The predicted octanol–water partition coefficient (Wildman–Crippen LogP) is 5.38. The van der Waals surface area contributed by atoms with Gasteiger partial charge in [-0.2, -0.15) is 0 Å². The van der Waals surface area contributed by atoms with Crippen molar-refractivity contribution in [2.24, 2.45) is 0 Å². The molecule has 7 heteroatoms. The molecule has 2 aliphatic heterocycles. The first kappa shape index (κ1) is 19.3. The van der Waals surface area contributed by atoms with Gasteiger partial charge in [-0.1, -0.05) is 29.8 Å². The number of rotatable bonds is 5. The number of oxazole rings is 1. The summed E-state index contributed by atoms with van der Waals surface area (Å²) in [5.74, 6) is 3.52. The molecule has 0 saturated carbocycles. The minimum Gasteiger partial charge on any atom is -0.496 e. The standard InChI is InChI=1S/C23H23ClN2O4/c1-14-18(12-26-9-5-7-19(26)15-6-3-4-8-20(15)27-2)25-23(30-14)16-10-21-22(11-17(16)24)29-13-28-21/h3-4,6,8,10-11,19H,5,7,9,12-13H2,1-2H3/t19-/m0/s1. The molecule has 5 rings (SSSR count). The Labute approximate surface area is 180 Å². The van der Waals surface area contributed by atoms with Gasteiger partial charge in [-0.15, -0.1) is 0 Å². The lowest BCUT2D eigenvalue weighted by atomic mass is 10.0. The molecule has 0 amide bonds. The Morgan fingerprint density at radius 2 is 2.00 bits per heavy atom. The summed E-state index contributed by atoms with van der Waals surface area (Å²) in [7, 11) is 1.72. The van der Waals surface area contributed by atoms with Crippen molar-refractivity contribution in [2.45, 2.75) is 32.4 Å². The Morgan fingerprint density at radius 1 is 1.20 bits per heavy atom. The van der Waals surface area contributed by atoms with E-state index < -0.39 is 0 Å². The molecule has 0 spiro atoms. The molecular formula is C23H23ClN2O4. The highest BCUT2D eigenvalue weighted by Crippen LogP contribution is 2.42. The van der Waals surface area contributed by atoms with Crippen molar-refractivity contribution in [3.63, 3.8) is 0 Å². The largest absolute Gasteiger partial charge is 0.496 e. The van der Waals surface area contributed by atoms with Gasteiger partial charge < -0.3 is 18.6 Å². The van der Waals surface area contributed by atoms with E-state index >= 15 is 0 Å². The summed E-state index contributed by atoms with van der Waals surface area (Å²) in [5, 5.41) is 0.528. The molecule has 0 N–H and O–H groups in total. The average molecular weight is 427 g/mol. The number of aromatic nitrogens is 1. The van der Waals surface area contributed by atoms with Crippen LogP contribution < -0.4 is 14.2 Å². The maximum atomic E-state index is 6.45. The van der Waals surface area contributed by atoms with Gasteiger partial charge in [-0.3, -0.25) is 4.90 Å². The molecule has 0 aliphatic carbocycles. The zero-order valence-electron chi connectivity index (χ0n) is 17.0. The molecule has 2 aromatic carbocycles. The Balaban J connectivity index is 1.42. The summed E-state index contributed by atoms with van der Waals surface area (Å²) in [6.45, 7) is 3.86. The van der Waals surface area contributed by atoms with Crippen LogP contribution in [0.5, 0.6) is 17.2 Å². The number of methoxy groups -OCH3 is 1. The molecule has 1 saturated heterocycles. The van der Waals surface area contributed by atoms with Gasteiger partial charge >= 0.3 is 0 Å². The van der Waals surface area contributed by atoms with Crippen molar-refractivity contribution in [2.75, 3.05) is 20.4 Å². The second-order valence-corrected chi connectivity index (χ2v) is 7.98. The normalized spacial score (nSPS) is 18.2. The highest BCUT2D eigenvalue weighted by atomic mass is 35.5. The van der Waals surface area contributed by atoms with Gasteiger partial charge in [-0.05, 0) is 38.4 Å². The molecule has 3 aromatic rings. The first-order valence-electron chi connectivity index (χ1n) is 10.1. The topological polar surface area (TPSA) is 57.0 Å². The molecule has 1 aromatic heterocycles. The van der Waals surface area contributed by atoms with Crippen LogP contribution in [0.3, 0.4) is 0 Å². The van der Waals surface area contributed by atoms with Crippen LogP contribution in [-0.2, 0) is 6.54 Å². The SMILES string of the molecule is COc1ccccc1[C@@H]1CCCN1Cc1nc(-c2cc3c(cc2Cl)OCO3)oc1C. The van der Waals surface area contributed by atoms with E-state index in [9.17, 15) is 0 Å². The minimum absolute atomic E-state index is 0.199. The van der Waals surface area contributed by atoms with Gasteiger partial charge in [0.1, 0.15) is 11.5 Å². The van der Waals surface area contributed by atoms with Gasteiger partial charge in [-0.25, -0.2) is 4.98 Å². The smallest absolute Gasteiger partial charge is 0.231 e. The third kappa shape index (κ3) is 3.40. The lowest BCUT2D eigenvalue weighted by molar-refractivity contribution is 0.174. The van der Waals surface area contributed by atoms with Crippen LogP contribution in [0.2, 0.25) is 5.02 Å². The van der Waals surface area contributed by atoms with E-state index in [1.165, 1.54) is 5.56 Å². The Morgan fingerprint density at radius 3 is 2.83 bits per heavy atom. The highest BCUT2D eigenvalue weighted by molar-refractivity contribution is 6.33. The predicted molar refractivity (Wildman–Crippen MR) is 113 cm³/mol. The third-order valence-electron chi connectivity index (χ3n) is 5.80. The zero-order valence-corrected chi connectivity index (χ0v) is 17.7. The van der Waals surface area contributed by atoms with E-state index in [4.69, 9.17) is 35.2 Å². The molecule has 0 bridgehead atoms. The van der Waals surface area contributed by atoms with E-state index in [1.807, 2.05) is 25.1 Å². The van der Waals surface area contributed by atoms with Gasteiger partial charge in [0, 0.05) is 24.2 Å². The van der Waals surface area contributed by atoms with E-state index in [0.717, 1.165) is 36.6 Å². The molecule has 30 heavy (non-hydrogen) atoms. The maximum absolute atomic E-state index is 6.45. The zero-order chi connectivity index (χ0) is 20.7. The van der Waals surface area contributed by atoms with Crippen LogP contribution in [0.15, 0.2) is 40.8 Å². The fraction of sp³-hybridized carbons (Fsp3) is 0.348. The molecule has 1 atom stereocenters. The van der Waals surface area contributed by atoms with Gasteiger partial charge in [0.25, 0.3) is 0 Å². The number of ether oxygens (including phenoxy) is 3. The van der Waals surface area contributed by atoms with Crippen LogP contribution in [0.4, 0.5) is 0 Å². The Hall–Kier alpha value is -2.70. The Kier molecular flexibility index (Phi) is 5.05. The van der Waals surface area contributed by atoms with E-state index in [0.29, 0.717) is 40.6 Å². The number of para-hydroxylation sites is 1. The highest BCUT2D eigenvalue weighted by Gasteiger charge is 2.30. The van der Waals surface area contributed by atoms with E-state index in [1.54, 1.807) is 13.2 Å². The number of hydrogen-bond donors (Lipinski definition) is 0. The van der Waals surface area contributed by atoms with Gasteiger partial charge in [0.15, 0.2) is 11.5 Å². The number of likely N-dealkylation sites (tertiary alicyclic amines) is 1. The van der Waals surface area contributed by atoms with Crippen LogP contribution >= 0.6 is 11.6 Å². The lowest BCUT2D eigenvalue weighted by Crippen LogP contribution is -2.23. The van der Waals surface area contributed by atoms with E-state index in [-0.39, 0.29) is 6.79 Å². The average Bonchev–Trinajstić information content (AvgIpc) is 3.48.